The third-order valence-corrected chi connectivity index (χ3v) is 3.11. The maximum absolute atomic E-state index is 11.9. The van der Waals surface area contributed by atoms with Crippen molar-refractivity contribution >= 4 is 11.9 Å². The Morgan fingerprint density at radius 2 is 2.17 bits per heavy atom. The lowest BCUT2D eigenvalue weighted by Gasteiger charge is -2.32. The Morgan fingerprint density at radius 3 is 2.83 bits per heavy atom. The Balaban J connectivity index is 2.33. The number of nitrogens with zero attached hydrogens (tertiary/aromatic N) is 1. The lowest BCUT2D eigenvalue weighted by Crippen LogP contribution is -2.46. The normalized spacial score (nSPS) is 19.7. The van der Waals surface area contributed by atoms with Gasteiger partial charge in [-0.3, -0.25) is 9.59 Å². The molecule has 1 atom stereocenters. The van der Waals surface area contributed by atoms with E-state index in [1.165, 1.54) is 7.11 Å². The molecule has 0 aliphatic carbocycles. The van der Waals surface area contributed by atoms with Gasteiger partial charge in [-0.2, -0.15) is 0 Å². The van der Waals surface area contributed by atoms with E-state index >= 15 is 0 Å². The summed E-state index contributed by atoms with van der Waals surface area (Å²) in [6, 6.07) is 0. The number of ether oxygens (including phenoxy) is 2. The molecule has 0 aromatic carbocycles. The minimum Gasteiger partial charge on any atom is -0.469 e. The summed E-state index contributed by atoms with van der Waals surface area (Å²) in [6.07, 6.45) is 3.73. The van der Waals surface area contributed by atoms with Crippen LogP contribution in [0.4, 0.5) is 0 Å². The predicted molar refractivity (Wildman–Crippen MR) is 67.1 cm³/mol. The summed E-state index contributed by atoms with van der Waals surface area (Å²) in [5, 5.41) is 0. The summed E-state index contributed by atoms with van der Waals surface area (Å²) in [5.74, 6) is -0.123. The van der Waals surface area contributed by atoms with Crippen LogP contribution < -0.4 is 0 Å². The number of unbranched alkanes of at least 4 members (excludes halogenated alkanes) is 2. The Morgan fingerprint density at radius 1 is 1.39 bits per heavy atom. The van der Waals surface area contributed by atoms with E-state index in [-0.39, 0.29) is 24.4 Å². The Kier molecular flexibility index (Phi) is 6.72. The molecule has 5 nitrogen and oxygen atoms in total. The third-order valence-electron chi connectivity index (χ3n) is 3.11. The minimum absolute atomic E-state index is 0.168. The SMILES string of the molecule is CCCCCC(=O)N1CCOC(CC(=O)OC)C1. The number of carbonyl (C=O) groups excluding carboxylic acids is 2. The predicted octanol–water partition coefficient (Wildman–Crippen LogP) is 1.36. The molecule has 104 valence electrons. The number of methoxy groups -OCH3 is 1. The average Bonchev–Trinajstić information content (AvgIpc) is 2.39. The fourth-order valence-electron chi connectivity index (χ4n) is 2.02. The van der Waals surface area contributed by atoms with Crippen molar-refractivity contribution in [2.45, 2.75) is 45.1 Å². The summed E-state index contributed by atoms with van der Waals surface area (Å²) < 4.78 is 10.1. The lowest BCUT2D eigenvalue weighted by molar-refractivity contribution is -0.150. The lowest BCUT2D eigenvalue weighted by atomic mass is 10.1. The van der Waals surface area contributed by atoms with Crippen LogP contribution in [0.2, 0.25) is 0 Å². The smallest absolute Gasteiger partial charge is 0.308 e. The molecule has 1 rings (SSSR count). The standard InChI is InChI=1S/C13H23NO4/c1-3-4-5-6-12(15)14-7-8-18-11(10-14)9-13(16)17-2/h11H,3-10H2,1-2H3. The number of hydrogen-bond donors (Lipinski definition) is 0. The second kappa shape index (κ2) is 8.08. The number of hydrogen-bond acceptors (Lipinski definition) is 4. The van der Waals surface area contributed by atoms with E-state index in [9.17, 15) is 9.59 Å². The molecule has 1 heterocycles. The number of carbonyl (C=O) groups is 2. The van der Waals surface area contributed by atoms with Crippen molar-refractivity contribution in [1.29, 1.82) is 0 Å². The second-order valence-electron chi connectivity index (χ2n) is 4.57. The van der Waals surface area contributed by atoms with Gasteiger partial charge >= 0.3 is 5.97 Å². The van der Waals surface area contributed by atoms with Crippen LogP contribution in [0.3, 0.4) is 0 Å². The number of rotatable bonds is 6. The van der Waals surface area contributed by atoms with Crippen LogP contribution in [-0.4, -0.2) is 49.7 Å². The summed E-state index contributed by atoms with van der Waals surface area (Å²) in [7, 11) is 1.36. The van der Waals surface area contributed by atoms with Crippen molar-refractivity contribution in [3.8, 4) is 0 Å². The van der Waals surface area contributed by atoms with E-state index in [1.54, 1.807) is 4.90 Å². The van der Waals surface area contributed by atoms with Crippen LogP contribution in [0.5, 0.6) is 0 Å². The van der Waals surface area contributed by atoms with Crippen LogP contribution in [0, 0.1) is 0 Å². The second-order valence-corrected chi connectivity index (χ2v) is 4.57. The van der Waals surface area contributed by atoms with Crippen molar-refractivity contribution in [3.05, 3.63) is 0 Å². The maximum Gasteiger partial charge on any atom is 0.308 e. The van der Waals surface area contributed by atoms with Gasteiger partial charge in [-0.05, 0) is 6.42 Å². The molecule has 1 amide bonds. The first-order valence-corrected chi connectivity index (χ1v) is 6.63. The fraction of sp³-hybridized carbons (Fsp3) is 0.846. The zero-order chi connectivity index (χ0) is 13.4. The van der Waals surface area contributed by atoms with E-state index in [0.717, 1.165) is 19.3 Å². The topological polar surface area (TPSA) is 55.8 Å². The van der Waals surface area contributed by atoms with Crippen LogP contribution >= 0.6 is 0 Å². The first-order chi connectivity index (χ1) is 8.67. The molecular weight excluding hydrogens is 234 g/mol. The Bertz CT molecular complexity index is 280. The molecule has 1 unspecified atom stereocenters. The van der Waals surface area contributed by atoms with E-state index in [1.807, 2.05) is 0 Å². The van der Waals surface area contributed by atoms with Gasteiger partial charge in [-0.15, -0.1) is 0 Å². The van der Waals surface area contributed by atoms with E-state index in [0.29, 0.717) is 26.1 Å². The van der Waals surface area contributed by atoms with Crippen LogP contribution in [-0.2, 0) is 19.1 Å². The molecule has 0 bridgehead atoms. The molecule has 1 fully saturated rings. The van der Waals surface area contributed by atoms with Crippen molar-refractivity contribution in [1.82, 2.24) is 4.90 Å². The first kappa shape index (κ1) is 15.0. The van der Waals surface area contributed by atoms with Crippen molar-refractivity contribution in [3.63, 3.8) is 0 Å². The van der Waals surface area contributed by atoms with Gasteiger partial charge in [0.2, 0.25) is 5.91 Å². The van der Waals surface area contributed by atoms with Gasteiger partial charge < -0.3 is 14.4 Å². The van der Waals surface area contributed by atoms with E-state index < -0.39 is 0 Å². The minimum atomic E-state index is -0.291. The number of esters is 1. The summed E-state index contributed by atoms with van der Waals surface area (Å²) in [4.78, 5) is 24.9. The van der Waals surface area contributed by atoms with Crippen molar-refractivity contribution in [2.75, 3.05) is 26.8 Å². The number of morpholine rings is 1. The van der Waals surface area contributed by atoms with Gasteiger partial charge in [-0.1, -0.05) is 19.8 Å². The molecule has 0 spiro atoms. The van der Waals surface area contributed by atoms with Gasteiger partial charge in [0.1, 0.15) is 0 Å². The molecule has 0 radical (unpaired) electrons. The molecule has 18 heavy (non-hydrogen) atoms. The highest BCUT2D eigenvalue weighted by atomic mass is 16.5. The molecule has 0 aromatic rings. The van der Waals surface area contributed by atoms with Gasteiger partial charge in [-0.25, -0.2) is 0 Å². The molecule has 1 aliphatic rings. The van der Waals surface area contributed by atoms with Gasteiger partial charge in [0.15, 0.2) is 0 Å². The molecule has 0 saturated carbocycles. The van der Waals surface area contributed by atoms with Crippen LogP contribution in [0.25, 0.3) is 0 Å². The average molecular weight is 257 g/mol. The Labute approximate surface area is 108 Å². The largest absolute Gasteiger partial charge is 0.469 e. The quantitative estimate of drug-likeness (QED) is 0.532. The fourth-order valence-corrected chi connectivity index (χ4v) is 2.02. The maximum atomic E-state index is 11.9. The van der Waals surface area contributed by atoms with Crippen LogP contribution in [0.1, 0.15) is 39.0 Å². The third kappa shape index (κ3) is 5.04. The zero-order valence-corrected chi connectivity index (χ0v) is 11.3. The first-order valence-electron chi connectivity index (χ1n) is 6.63. The zero-order valence-electron chi connectivity index (χ0n) is 11.3. The highest BCUT2D eigenvalue weighted by Gasteiger charge is 2.25. The summed E-state index contributed by atoms with van der Waals surface area (Å²) in [5.41, 5.74) is 0. The molecule has 1 saturated heterocycles. The van der Waals surface area contributed by atoms with Gasteiger partial charge in [0.05, 0.1) is 26.2 Å². The van der Waals surface area contributed by atoms with Crippen molar-refractivity contribution < 1.29 is 19.1 Å². The van der Waals surface area contributed by atoms with E-state index in [2.05, 4.69) is 11.7 Å². The highest BCUT2D eigenvalue weighted by Crippen LogP contribution is 2.12. The summed E-state index contributed by atoms with van der Waals surface area (Å²) >= 11 is 0. The Hall–Kier alpha value is -1.10. The number of amides is 1. The molecular formula is C13H23NO4. The highest BCUT2D eigenvalue weighted by molar-refractivity contribution is 5.76. The molecule has 1 aliphatic heterocycles. The van der Waals surface area contributed by atoms with Crippen LogP contribution in [0.15, 0.2) is 0 Å². The summed E-state index contributed by atoms with van der Waals surface area (Å²) in [6.45, 7) is 3.75. The van der Waals surface area contributed by atoms with E-state index in [4.69, 9.17) is 4.74 Å². The monoisotopic (exact) mass is 257 g/mol. The molecule has 5 heteroatoms. The van der Waals surface area contributed by atoms with Gasteiger partial charge in [0.25, 0.3) is 0 Å². The van der Waals surface area contributed by atoms with Gasteiger partial charge in [0, 0.05) is 19.5 Å². The molecule has 0 N–H and O–H groups in total. The van der Waals surface area contributed by atoms with Crippen molar-refractivity contribution in [2.24, 2.45) is 0 Å². The molecule has 0 aromatic heterocycles.